The summed E-state index contributed by atoms with van der Waals surface area (Å²) < 4.78 is 11.5. The number of piperidine rings is 1. The van der Waals surface area contributed by atoms with Crippen molar-refractivity contribution in [2.24, 2.45) is 5.92 Å². The first-order chi connectivity index (χ1) is 14.8. The van der Waals surface area contributed by atoms with E-state index in [1.807, 2.05) is 24.0 Å². The zero-order chi connectivity index (χ0) is 22.2. The van der Waals surface area contributed by atoms with E-state index in [0.29, 0.717) is 30.8 Å². The Morgan fingerprint density at radius 2 is 2.16 bits per heavy atom. The number of carbonyl (C=O) groups excluding carboxylic acids is 1. The normalized spacial score (nSPS) is 24.6. The van der Waals surface area contributed by atoms with Gasteiger partial charge in [0.2, 0.25) is 0 Å². The maximum atomic E-state index is 13.1. The SMILES string of the molecule is CCCc1cc(=O)oc2c(C)c(O[C@H](C)C(=O)N3CC[C@@]4(O)CCCC[C@@H]4C3)ccc12. The molecule has 0 unspecified atom stereocenters. The number of nitrogens with zero attached hydrogens (tertiary/aromatic N) is 1. The van der Waals surface area contributed by atoms with Crippen molar-refractivity contribution in [1.82, 2.24) is 4.90 Å². The number of fused-ring (bicyclic) bond motifs is 2. The number of hydrogen-bond donors (Lipinski definition) is 1. The summed E-state index contributed by atoms with van der Waals surface area (Å²) in [4.78, 5) is 27.0. The van der Waals surface area contributed by atoms with Crippen molar-refractivity contribution < 1.29 is 19.1 Å². The molecular formula is C25H33NO5. The molecule has 6 heteroatoms. The molecular weight excluding hydrogens is 394 g/mol. The Bertz CT molecular complexity index is 1030. The lowest BCUT2D eigenvalue weighted by atomic mass is 9.71. The van der Waals surface area contributed by atoms with Gasteiger partial charge in [-0.2, -0.15) is 0 Å². The van der Waals surface area contributed by atoms with Crippen LogP contribution in [0.15, 0.2) is 27.4 Å². The molecule has 2 aromatic rings. The van der Waals surface area contributed by atoms with Crippen LogP contribution in [0.3, 0.4) is 0 Å². The van der Waals surface area contributed by atoms with Crippen molar-refractivity contribution in [3.8, 4) is 5.75 Å². The van der Waals surface area contributed by atoms with Gasteiger partial charge < -0.3 is 19.2 Å². The average Bonchev–Trinajstić information content (AvgIpc) is 2.75. The predicted molar refractivity (Wildman–Crippen MR) is 119 cm³/mol. The van der Waals surface area contributed by atoms with Crippen LogP contribution in [0.1, 0.15) is 63.5 Å². The number of benzene rings is 1. The predicted octanol–water partition coefficient (Wildman–Crippen LogP) is 3.97. The van der Waals surface area contributed by atoms with Crippen LogP contribution in [-0.4, -0.2) is 40.7 Å². The van der Waals surface area contributed by atoms with Crippen LogP contribution in [0.5, 0.6) is 5.75 Å². The van der Waals surface area contributed by atoms with E-state index in [2.05, 4.69) is 6.92 Å². The lowest BCUT2D eigenvalue weighted by Gasteiger charge is -2.47. The van der Waals surface area contributed by atoms with Gasteiger partial charge in [0.05, 0.1) is 5.60 Å². The Morgan fingerprint density at radius 1 is 1.35 bits per heavy atom. The molecule has 0 spiro atoms. The summed E-state index contributed by atoms with van der Waals surface area (Å²) >= 11 is 0. The summed E-state index contributed by atoms with van der Waals surface area (Å²) in [7, 11) is 0. The smallest absolute Gasteiger partial charge is 0.336 e. The lowest BCUT2D eigenvalue weighted by Crippen LogP contribution is -2.56. The second-order valence-electron chi connectivity index (χ2n) is 9.25. The van der Waals surface area contributed by atoms with E-state index in [1.165, 1.54) is 0 Å². The molecule has 4 rings (SSSR count). The molecule has 2 heterocycles. The van der Waals surface area contributed by atoms with Crippen molar-refractivity contribution in [2.75, 3.05) is 13.1 Å². The van der Waals surface area contributed by atoms with Crippen LogP contribution in [0.4, 0.5) is 0 Å². The van der Waals surface area contributed by atoms with Crippen LogP contribution >= 0.6 is 0 Å². The molecule has 6 nitrogen and oxygen atoms in total. The van der Waals surface area contributed by atoms with E-state index >= 15 is 0 Å². The van der Waals surface area contributed by atoms with Gasteiger partial charge >= 0.3 is 5.63 Å². The van der Waals surface area contributed by atoms with Crippen molar-refractivity contribution in [3.63, 3.8) is 0 Å². The minimum absolute atomic E-state index is 0.0618. The molecule has 0 bridgehead atoms. The Morgan fingerprint density at radius 3 is 2.94 bits per heavy atom. The maximum absolute atomic E-state index is 13.1. The number of aryl methyl sites for hydroxylation is 2. The Hall–Kier alpha value is -2.34. The van der Waals surface area contributed by atoms with E-state index in [-0.39, 0.29) is 17.5 Å². The van der Waals surface area contributed by atoms with E-state index in [9.17, 15) is 14.7 Å². The van der Waals surface area contributed by atoms with Gasteiger partial charge in [0.25, 0.3) is 5.91 Å². The van der Waals surface area contributed by atoms with E-state index in [1.54, 1.807) is 13.0 Å². The molecule has 1 saturated heterocycles. The molecule has 31 heavy (non-hydrogen) atoms. The number of amides is 1. The first kappa shape index (κ1) is 21.9. The van der Waals surface area contributed by atoms with Crippen molar-refractivity contribution in [3.05, 3.63) is 39.7 Å². The fourth-order valence-electron chi connectivity index (χ4n) is 5.28. The lowest BCUT2D eigenvalue weighted by molar-refractivity contribution is -0.149. The number of carbonyl (C=O) groups is 1. The molecule has 1 amide bonds. The zero-order valence-electron chi connectivity index (χ0n) is 18.8. The third-order valence-corrected chi connectivity index (χ3v) is 7.11. The standard InChI is InChI=1S/C25H33NO5/c1-4-7-18-14-22(27)31-23-16(2)21(10-9-20(18)23)30-17(3)24(28)26-13-12-25(29)11-6-5-8-19(25)15-26/h9-10,14,17,19,29H,4-8,11-13,15H2,1-3H3/t17-,19-,25+/m1/s1. The van der Waals surface area contributed by atoms with Gasteiger partial charge in [0, 0.05) is 36.0 Å². The number of hydrogen-bond acceptors (Lipinski definition) is 5. The summed E-state index contributed by atoms with van der Waals surface area (Å²) in [6.07, 6.45) is 5.71. The minimum atomic E-state index is -0.656. The van der Waals surface area contributed by atoms with E-state index in [0.717, 1.165) is 55.0 Å². The second kappa shape index (κ2) is 8.65. The van der Waals surface area contributed by atoms with Gasteiger partial charge in [-0.25, -0.2) is 4.79 Å². The molecule has 168 valence electrons. The monoisotopic (exact) mass is 427 g/mol. The molecule has 0 radical (unpaired) electrons. The quantitative estimate of drug-likeness (QED) is 0.730. The van der Waals surface area contributed by atoms with Crippen molar-refractivity contribution in [2.45, 2.75) is 77.4 Å². The summed E-state index contributed by atoms with van der Waals surface area (Å²) in [5.41, 5.74) is 1.25. The highest BCUT2D eigenvalue weighted by molar-refractivity contribution is 5.85. The average molecular weight is 428 g/mol. The molecule has 2 aliphatic rings. The van der Waals surface area contributed by atoms with Gasteiger partial charge in [-0.3, -0.25) is 4.79 Å². The largest absolute Gasteiger partial charge is 0.480 e. The summed E-state index contributed by atoms with van der Waals surface area (Å²) in [6.45, 7) is 6.85. The summed E-state index contributed by atoms with van der Waals surface area (Å²) in [5, 5.41) is 11.8. The highest BCUT2D eigenvalue weighted by Gasteiger charge is 2.44. The van der Waals surface area contributed by atoms with Crippen molar-refractivity contribution in [1.29, 1.82) is 0 Å². The van der Waals surface area contributed by atoms with Crippen LogP contribution in [0.25, 0.3) is 11.0 Å². The fraction of sp³-hybridized carbons (Fsp3) is 0.600. The second-order valence-corrected chi connectivity index (χ2v) is 9.25. The fourth-order valence-corrected chi connectivity index (χ4v) is 5.28. The Kier molecular flexibility index (Phi) is 6.11. The van der Waals surface area contributed by atoms with Gasteiger partial charge in [-0.05, 0) is 57.2 Å². The van der Waals surface area contributed by atoms with E-state index < -0.39 is 11.7 Å². The molecule has 1 aromatic carbocycles. The maximum Gasteiger partial charge on any atom is 0.336 e. The van der Waals surface area contributed by atoms with Crippen LogP contribution < -0.4 is 10.4 Å². The highest BCUT2D eigenvalue weighted by Crippen LogP contribution is 2.40. The number of aliphatic hydroxyl groups is 1. The first-order valence-electron chi connectivity index (χ1n) is 11.6. The highest BCUT2D eigenvalue weighted by atomic mass is 16.5. The molecule has 1 aliphatic carbocycles. The Labute approximate surface area is 183 Å². The number of likely N-dealkylation sites (tertiary alicyclic amines) is 1. The first-order valence-corrected chi connectivity index (χ1v) is 11.6. The number of ether oxygens (including phenoxy) is 1. The molecule has 2 fully saturated rings. The van der Waals surface area contributed by atoms with Crippen molar-refractivity contribution >= 4 is 16.9 Å². The minimum Gasteiger partial charge on any atom is -0.480 e. The number of rotatable bonds is 5. The Balaban J connectivity index is 1.51. The van der Waals surface area contributed by atoms with Gasteiger partial charge in [-0.1, -0.05) is 26.2 Å². The summed E-state index contributed by atoms with van der Waals surface area (Å²) in [6, 6.07) is 5.32. The molecule has 1 aliphatic heterocycles. The van der Waals surface area contributed by atoms with Crippen LogP contribution in [0.2, 0.25) is 0 Å². The third kappa shape index (κ3) is 4.22. The topological polar surface area (TPSA) is 80.0 Å². The van der Waals surface area contributed by atoms with Gasteiger partial charge in [0.1, 0.15) is 11.3 Å². The van der Waals surface area contributed by atoms with E-state index in [4.69, 9.17) is 9.15 Å². The molecule has 1 aromatic heterocycles. The van der Waals surface area contributed by atoms with Crippen LogP contribution in [0, 0.1) is 12.8 Å². The molecule has 3 atom stereocenters. The van der Waals surface area contributed by atoms with Gasteiger partial charge in [-0.15, -0.1) is 0 Å². The zero-order valence-corrected chi connectivity index (χ0v) is 18.8. The molecule has 1 N–H and O–H groups in total. The van der Waals surface area contributed by atoms with Gasteiger partial charge in [0.15, 0.2) is 6.10 Å². The third-order valence-electron chi connectivity index (χ3n) is 7.11. The molecule has 1 saturated carbocycles. The summed E-state index contributed by atoms with van der Waals surface area (Å²) in [5.74, 6) is 0.643. The van der Waals surface area contributed by atoms with Crippen LogP contribution in [-0.2, 0) is 11.2 Å².